The van der Waals surface area contributed by atoms with E-state index in [9.17, 15) is 4.79 Å². The standard InChI is InChI=1S/C10H13NO2S/c12-8-10-2-1-9(13-10)7-11-3-5-14-6-4-11/h1-2,8H,3-7H2. The maximum absolute atomic E-state index is 10.4. The molecule has 0 aromatic carbocycles. The van der Waals surface area contributed by atoms with Crippen LogP contribution in [0, 0.1) is 0 Å². The van der Waals surface area contributed by atoms with Crippen molar-refractivity contribution in [3.8, 4) is 0 Å². The van der Waals surface area contributed by atoms with Crippen LogP contribution in [-0.2, 0) is 6.54 Å². The fourth-order valence-electron chi connectivity index (χ4n) is 1.52. The van der Waals surface area contributed by atoms with Gasteiger partial charge >= 0.3 is 0 Å². The fraction of sp³-hybridized carbons (Fsp3) is 0.500. The first-order valence-corrected chi connectivity index (χ1v) is 5.88. The Balaban J connectivity index is 1.92. The second-order valence-electron chi connectivity index (χ2n) is 3.31. The Bertz CT molecular complexity index is 305. The number of furan rings is 1. The zero-order chi connectivity index (χ0) is 9.80. The van der Waals surface area contributed by atoms with Gasteiger partial charge in [0.2, 0.25) is 0 Å². The van der Waals surface area contributed by atoms with Crippen LogP contribution < -0.4 is 0 Å². The zero-order valence-corrected chi connectivity index (χ0v) is 8.76. The van der Waals surface area contributed by atoms with Crippen LogP contribution in [-0.4, -0.2) is 35.8 Å². The molecule has 1 aromatic rings. The number of carbonyl (C=O) groups excluding carboxylic acids is 1. The molecule has 1 fully saturated rings. The molecule has 1 aliphatic heterocycles. The lowest BCUT2D eigenvalue weighted by molar-refractivity contribution is 0.109. The first-order valence-electron chi connectivity index (χ1n) is 4.72. The average Bonchev–Trinajstić information content (AvgIpc) is 2.67. The summed E-state index contributed by atoms with van der Waals surface area (Å²) >= 11 is 1.99. The second kappa shape index (κ2) is 4.66. The number of hydrogen-bond acceptors (Lipinski definition) is 4. The summed E-state index contributed by atoms with van der Waals surface area (Å²) in [6.07, 6.45) is 0.746. The molecule has 0 N–H and O–H groups in total. The smallest absolute Gasteiger partial charge is 0.185 e. The van der Waals surface area contributed by atoms with E-state index < -0.39 is 0 Å². The van der Waals surface area contributed by atoms with Crippen LogP contribution >= 0.6 is 11.8 Å². The lowest BCUT2D eigenvalue weighted by atomic mass is 10.4. The van der Waals surface area contributed by atoms with E-state index >= 15 is 0 Å². The minimum absolute atomic E-state index is 0.423. The minimum atomic E-state index is 0.423. The van der Waals surface area contributed by atoms with Crippen LogP contribution in [0.3, 0.4) is 0 Å². The van der Waals surface area contributed by atoms with Crippen molar-refractivity contribution in [2.45, 2.75) is 6.54 Å². The third-order valence-electron chi connectivity index (χ3n) is 2.28. The largest absolute Gasteiger partial charge is 0.457 e. The summed E-state index contributed by atoms with van der Waals surface area (Å²) in [4.78, 5) is 12.8. The van der Waals surface area contributed by atoms with E-state index in [2.05, 4.69) is 4.90 Å². The summed E-state index contributed by atoms with van der Waals surface area (Å²) in [6, 6.07) is 3.60. The van der Waals surface area contributed by atoms with E-state index in [4.69, 9.17) is 4.42 Å². The number of rotatable bonds is 3. The van der Waals surface area contributed by atoms with Gasteiger partial charge in [-0.3, -0.25) is 9.69 Å². The molecule has 0 saturated carbocycles. The lowest BCUT2D eigenvalue weighted by Gasteiger charge is -2.24. The molecule has 0 atom stereocenters. The molecule has 14 heavy (non-hydrogen) atoms. The molecule has 0 radical (unpaired) electrons. The van der Waals surface area contributed by atoms with Gasteiger partial charge in [0.05, 0.1) is 6.54 Å². The molecule has 3 nitrogen and oxygen atoms in total. The topological polar surface area (TPSA) is 33.5 Å². The van der Waals surface area contributed by atoms with Crippen molar-refractivity contribution in [3.05, 3.63) is 23.7 Å². The highest BCUT2D eigenvalue weighted by atomic mass is 32.2. The molecule has 0 unspecified atom stereocenters. The molecule has 0 aliphatic carbocycles. The Hall–Kier alpha value is -0.740. The highest BCUT2D eigenvalue weighted by Crippen LogP contribution is 2.14. The third-order valence-corrected chi connectivity index (χ3v) is 3.22. The molecule has 2 heterocycles. The predicted octanol–water partition coefficient (Wildman–Crippen LogP) is 1.64. The number of nitrogens with zero attached hydrogens (tertiary/aromatic N) is 1. The van der Waals surface area contributed by atoms with Crippen LogP contribution in [0.2, 0.25) is 0 Å². The van der Waals surface area contributed by atoms with E-state index in [0.717, 1.165) is 31.7 Å². The Morgan fingerprint density at radius 2 is 2.21 bits per heavy atom. The normalized spacial score (nSPS) is 18.3. The maximum Gasteiger partial charge on any atom is 0.185 e. The van der Waals surface area contributed by atoms with Gasteiger partial charge in [-0.1, -0.05) is 0 Å². The Morgan fingerprint density at radius 3 is 2.86 bits per heavy atom. The first-order chi connectivity index (χ1) is 6.88. The van der Waals surface area contributed by atoms with Gasteiger partial charge in [0.1, 0.15) is 5.76 Å². The SMILES string of the molecule is O=Cc1ccc(CN2CCSCC2)o1. The van der Waals surface area contributed by atoms with Gasteiger partial charge in [-0.2, -0.15) is 11.8 Å². The Morgan fingerprint density at radius 1 is 1.43 bits per heavy atom. The van der Waals surface area contributed by atoms with Gasteiger partial charge in [-0.25, -0.2) is 0 Å². The molecule has 1 saturated heterocycles. The van der Waals surface area contributed by atoms with Gasteiger partial charge in [0, 0.05) is 24.6 Å². The summed E-state index contributed by atoms with van der Waals surface area (Å²) in [7, 11) is 0. The Kier molecular flexibility index (Phi) is 3.26. The van der Waals surface area contributed by atoms with Gasteiger partial charge < -0.3 is 4.42 Å². The lowest BCUT2D eigenvalue weighted by Crippen LogP contribution is -2.31. The van der Waals surface area contributed by atoms with Gasteiger partial charge in [-0.05, 0) is 12.1 Å². The molecule has 2 rings (SSSR count). The van der Waals surface area contributed by atoms with Crippen LogP contribution in [0.4, 0.5) is 0 Å². The highest BCUT2D eigenvalue weighted by molar-refractivity contribution is 7.99. The van der Waals surface area contributed by atoms with Gasteiger partial charge in [0.15, 0.2) is 12.0 Å². The van der Waals surface area contributed by atoms with E-state index in [-0.39, 0.29) is 0 Å². The van der Waals surface area contributed by atoms with Crippen LogP contribution in [0.25, 0.3) is 0 Å². The predicted molar refractivity (Wildman–Crippen MR) is 56.7 cm³/mol. The quantitative estimate of drug-likeness (QED) is 0.712. The zero-order valence-electron chi connectivity index (χ0n) is 7.94. The van der Waals surface area contributed by atoms with Crippen molar-refractivity contribution in [2.75, 3.05) is 24.6 Å². The van der Waals surface area contributed by atoms with Crippen molar-refractivity contribution in [1.29, 1.82) is 0 Å². The fourth-order valence-corrected chi connectivity index (χ4v) is 2.50. The van der Waals surface area contributed by atoms with E-state index in [1.807, 2.05) is 17.8 Å². The summed E-state index contributed by atoms with van der Waals surface area (Å²) < 4.78 is 5.32. The summed E-state index contributed by atoms with van der Waals surface area (Å²) in [5, 5.41) is 0. The van der Waals surface area contributed by atoms with Crippen molar-refractivity contribution in [2.24, 2.45) is 0 Å². The average molecular weight is 211 g/mol. The molecular formula is C10H13NO2S. The number of hydrogen-bond donors (Lipinski definition) is 0. The summed E-state index contributed by atoms with van der Waals surface area (Å²) in [5.41, 5.74) is 0. The monoisotopic (exact) mass is 211 g/mol. The number of carbonyl (C=O) groups is 1. The molecule has 4 heteroatoms. The molecule has 0 bridgehead atoms. The number of thioether (sulfide) groups is 1. The van der Waals surface area contributed by atoms with Crippen molar-refractivity contribution in [1.82, 2.24) is 4.90 Å². The molecule has 1 aliphatic rings. The van der Waals surface area contributed by atoms with Crippen LogP contribution in [0.15, 0.2) is 16.5 Å². The maximum atomic E-state index is 10.4. The van der Waals surface area contributed by atoms with Crippen molar-refractivity contribution >= 4 is 18.0 Å². The second-order valence-corrected chi connectivity index (χ2v) is 4.54. The summed E-state index contributed by atoms with van der Waals surface area (Å²) in [5.74, 6) is 3.70. The van der Waals surface area contributed by atoms with Gasteiger partial charge in [0.25, 0.3) is 0 Å². The van der Waals surface area contributed by atoms with Crippen molar-refractivity contribution in [3.63, 3.8) is 0 Å². The molecule has 1 aromatic heterocycles. The minimum Gasteiger partial charge on any atom is -0.457 e. The van der Waals surface area contributed by atoms with Crippen LogP contribution in [0.5, 0.6) is 0 Å². The van der Waals surface area contributed by atoms with E-state index in [1.165, 1.54) is 11.5 Å². The molecule has 76 valence electrons. The third kappa shape index (κ3) is 2.39. The molecule has 0 spiro atoms. The van der Waals surface area contributed by atoms with Crippen LogP contribution in [0.1, 0.15) is 16.3 Å². The molecular weight excluding hydrogens is 198 g/mol. The van der Waals surface area contributed by atoms with E-state index in [0.29, 0.717) is 5.76 Å². The summed E-state index contributed by atoms with van der Waals surface area (Å²) in [6.45, 7) is 3.05. The Labute approximate surface area is 87.5 Å². The van der Waals surface area contributed by atoms with Gasteiger partial charge in [-0.15, -0.1) is 0 Å². The van der Waals surface area contributed by atoms with E-state index in [1.54, 1.807) is 6.07 Å². The van der Waals surface area contributed by atoms with Crippen molar-refractivity contribution < 1.29 is 9.21 Å². The first kappa shape index (κ1) is 9.80. The molecule has 0 amide bonds. The highest BCUT2D eigenvalue weighted by Gasteiger charge is 2.12. The number of aldehydes is 1.